The van der Waals surface area contributed by atoms with E-state index in [1.165, 1.54) is 5.56 Å². The van der Waals surface area contributed by atoms with Crippen molar-refractivity contribution in [2.75, 3.05) is 13.2 Å². The third-order valence-electron chi connectivity index (χ3n) is 4.84. The van der Waals surface area contributed by atoms with Crippen LogP contribution in [0.4, 0.5) is 0 Å². The summed E-state index contributed by atoms with van der Waals surface area (Å²) in [6, 6.07) is 20.7. The normalized spacial score (nSPS) is 19.7. The number of benzene rings is 2. The van der Waals surface area contributed by atoms with E-state index in [2.05, 4.69) is 49.4 Å². The number of carbonyl (C=O) groups excluding carboxylic acids is 1. The van der Waals surface area contributed by atoms with E-state index in [-0.39, 0.29) is 17.9 Å². The Morgan fingerprint density at radius 1 is 0.962 bits per heavy atom. The van der Waals surface area contributed by atoms with E-state index in [1.807, 2.05) is 29.2 Å². The Labute approximate surface area is 156 Å². The van der Waals surface area contributed by atoms with Crippen molar-refractivity contribution < 1.29 is 9.53 Å². The number of nitrogens with zero attached hydrogens (tertiary/aromatic N) is 1. The highest BCUT2D eigenvalue weighted by molar-refractivity contribution is 5.88. The van der Waals surface area contributed by atoms with Crippen LogP contribution in [0.5, 0.6) is 0 Å². The molecule has 0 aromatic heterocycles. The molecule has 0 aliphatic carbocycles. The van der Waals surface area contributed by atoms with Gasteiger partial charge in [-0.25, -0.2) is 0 Å². The molecular formula is C23H27NO2. The first kappa shape index (κ1) is 18.4. The number of hydrogen-bond donors (Lipinski definition) is 0. The Balaban J connectivity index is 1.70. The predicted molar refractivity (Wildman–Crippen MR) is 105 cm³/mol. The topological polar surface area (TPSA) is 29.5 Å². The van der Waals surface area contributed by atoms with Crippen LogP contribution in [0.25, 0.3) is 0 Å². The molecule has 2 aromatic carbocycles. The lowest BCUT2D eigenvalue weighted by atomic mass is 9.88. The molecule has 1 aliphatic rings. The second-order valence-electron chi connectivity index (χ2n) is 6.81. The van der Waals surface area contributed by atoms with Gasteiger partial charge in [-0.15, -0.1) is 0 Å². The molecule has 1 amide bonds. The maximum atomic E-state index is 12.4. The molecule has 26 heavy (non-hydrogen) atoms. The fraction of sp³-hybridized carbons (Fsp3) is 0.348. The van der Waals surface area contributed by atoms with Crippen LogP contribution in [-0.2, 0) is 22.6 Å². The third kappa shape index (κ3) is 4.83. The fourth-order valence-electron chi connectivity index (χ4n) is 3.52. The largest absolute Gasteiger partial charge is 0.375 e. The minimum Gasteiger partial charge on any atom is -0.375 e. The van der Waals surface area contributed by atoms with Crippen molar-refractivity contribution in [2.24, 2.45) is 5.92 Å². The molecule has 0 fully saturated rings. The monoisotopic (exact) mass is 349 g/mol. The second-order valence-corrected chi connectivity index (χ2v) is 6.81. The van der Waals surface area contributed by atoms with Crippen LogP contribution >= 0.6 is 0 Å². The van der Waals surface area contributed by atoms with Crippen LogP contribution in [0.2, 0.25) is 0 Å². The molecule has 0 saturated heterocycles. The summed E-state index contributed by atoms with van der Waals surface area (Å²) in [6.07, 6.45) is 5.67. The summed E-state index contributed by atoms with van der Waals surface area (Å²) < 4.78 is 6.02. The van der Waals surface area contributed by atoms with Gasteiger partial charge in [0.05, 0.1) is 19.3 Å². The first-order valence-electron chi connectivity index (χ1n) is 9.42. The fourth-order valence-corrected chi connectivity index (χ4v) is 3.52. The van der Waals surface area contributed by atoms with Crippen molar-refractivity contribution in [1.82, 2.24) is 4.90 Å². The van der Waals surface area contributed by atoms with Crippen molar-refractivity contribution in [3.63, 3.8) is 0 Å². The number of hydrogen-bond acceptors (Lipinski definition) is 2. The van der Waals surface area contributed by atoms with Crippen molar-refractivity contribution >= 4 is 5.91 Å². The summed E-state index contributed by atoms with van der Waals surface area (Å²) in [5.74, 6) is 0.377. The molecule has 0 saturated carbocycles. The Morgan fingerprint density at radius 2 is 1.62 bits per heavy atom. The van der Waals surface area contributed by atoms with E-state index in [9.17, 15) is 4.79 Å². The average molecular weight is 349 g/mol. The molecule has 1 aliphatic heterocycles. The molecule has 3 heteroatoms. The zero-order valence-electron chi connectivity index (χ0n) is 15.4. The van der Waals surface area contributed by atoms with Gasteiger partial charge in [-0.2, -0.15) is 0 Å². The van der Waals surface area contributed by atoms with Gasteiger partial charge in [0, 0.05) is 12.5 Å². The van der Waals surface area contributed by atoms with E-state index < -0.39 is 0 Å². The zero-order chi connectivity index (χ0) is 18.2. The predicted octanol–water partition coefficient (Wildman–Crippen LogP) is 4.24. The quantitative estimate of drug-likeness (QED) is 0.713. The average Bonchev–Trinajstić information content (AvgIpc) is 2.68. The molecule has 0 radical (unpaired) electrons. The van der Waals surface area contributed by atoms with Crippen molar-refractivity contribution in [2.45, 2.75) is 32.4 Å². The molecule has 2 atom stereocenters. The van der Waals surface area contributed by atoms with E-state index in [0.29, 0.717) is 13.2 Å². The molecule has 3 rings (SSSR count). The summed E-state index contributed by atoms with van der Waals surface area (Å²) in [6.45, 7) is 4.02. The van der Waals surface area contributed by atoms with Crippen LogP contribution < -0.4 is 0 Å². The molecule has 2 aromatic rings. The first-order valence-corrected chi connectivity index (χ1v) is 9.42. The lowest BCUT2D eigenvalue weighted by Crippen LogP contribution is -2.49. The zero-order valence-corrected chi connectivity index (χ0v) is 15.4. The highest BCUT2D eigenvalue weighted by Gasteiger charge is 2.32. The standard InChI is InChI=1S/C23H27NO2/c1-2-15-24-22(18-26-17-20-11-7-4-8-12-20)21(13-14-23(24)25)16-19-9-5-3-6-10-19/h3-14,21-22H,2,15-18H2,1H3. The number of carbonyl (C=O) groups is 1. The number of amides is 1. The van der Waals surface area contributed by atoms with Gasteiger partial charge in [0.1, 0.15) is 0 Å². The van der Waals surface area contributed by atoms with Crippen molar-refractivity contribution in [1.29, 1.82) is 0 Å². The van der Waals surface area contributed by atoms with Crippen LogP contribution in [0.3, 0.4) is 0 Å². The van der Waals surface area contributed by atoms with Gasteiger partial charge >= 0.3 is 0 Å². The Hall–Kier alpha value is -2.39. The second kappa shape index (κ2) is 9.35. The third-order valence-corrected chi connectivity index (χ3v) is 4.84. The lowest BCUT2D eigenvalue weighted by molar-refractivity contribution is -0.132. The molecule has 0 spiro atoms. The minimum absolute atomic E-state index is 0.0800. The van der Waals surface area contributed by atoms with Gasteiger partial charge in [-0.05, 0) is 30.0 Å². The molecular weight excluding hydrogens is 322 g/mol. The van der Waals surface area contributed by atoms with Gasteiger partial charge in [-0.3, -0.25) is 4.79 Å². The summed E-state index contributed by atoms with van der Waals surface area (Å²) in [4.78, 5) is 14.4. The summed E-state index contributed by atoms with van der Waals surface area (Å²) >= 11 is 0. The number of ether oxygens (including phenoxy) is 1. The van der Waals surface area contributed by atoms with E-state index in [0.717, 1.165) is 24.9 Å². The van der Waals surface area contributed by atoms with Crippen LogP contribution in [0.1, 0.15) is 24.5 Å². The highest BCUT2D eigenvalue weighted by Crippen LogP contribution is 2.24. The van der Waals surface area contributed by atoms with E-state index in [1.54, 1.807) is 6.08 Å². The van der Waals surface area contributed by atoms with Gasteiger partial charge < -0.3 is 9.64 Å². The minimum atomic E-state index is 0.0800. The van der Waals surface area contributed by atoms with Crippen LogP contribution in [0, 0.1) is 5.92 Å². The molecule has 1 heterocycles. The lowest BCUT2D eigenvalue weighted by Gasteiger charge is -2.38. The summed E-state index contributed by atoms with van der Waals surface area (Å²) in [5, 5.41) is 0. The maximum absolute atomic E-state index is 12.4. The van der Waals surface area contributed by atoms with E-state index in [4.69, 9.17) is 4.74 Å². The SMILES string of the molecule is CCCN1C(=O)C=CC(Cc2ccccc2)C1COCc1ccccc1. The van der Waals surface area contributed by atoms with Gasteiger partial charge in [-0.1, -0.05) is 73.7 Å². The van der Waals surface area contributed by atoms with Gasteiger partial charge in [0.25, 0.3) is 0 Å². The molecule has 0 N–H and O–H groups in total. The molecule has 136 valence electrons. The van der Waals surface area contributed by atoms with Crippen molar-refractivity contribution in [3.05, 3.63) is 83.9 Å². The summed E-state index contributed by atoms with van der Waals surface area (Å²) in [7, 11) is 0. The Morgan fingerprint density at radius 3 is 2.27 bits per heavy atom. The smallest absolute Gasteiger partial charge is 0.246 e. The van der Waals surface area contributed by atoms with Gasteiger partial charge in [0.2, 0.25) is 5.91 Å². The van der Waals surface area contributed by atoms with Crippen LogP contribution in [-0.4, -0.2) is 30.0 Å². The van der Waals surface area contributed by atoms with Gasteiger partial charge in [0.15, 0.2) is 0 Å². The first-order chi connectivity index (χ1) is 12.8. The number of rotatable bonds is 8. The molecule has 2 unspecified atom stereocenters. The maximum Gasteiger partial charge on any atom is 0.246 e. The van der Waals surface area contributed by atoms with Crippen molar-refractivity contribution in [3.8, 4) is 0 Å². The van der Waals surface area contributed by atoms with E-state index >= 15 is 0 Å². The van der Waals surface area contributed by atoms with Crippen LogP contribution in [0.15, 0.2) is 72.8 Å². The molecule has 3 nitrogen and oxygen atoms in total. The summed E-state index contributed by atoms with van der Waals surface area (Å²) in [5.41, 5.74) is 2.45. The highest BCUT2D eigenvalue weighted by atomic mass is 16.5. The Kier molecular flexibility index (Phi) is 6.62. The molecule has 0 bridgehead atoms. The Bertz CT molecular complexity index is 712.